The van der Waals surface area contributed by atoms with Crippen molar-refractivity contribution in [3.8, 4) is 5.75 Å². The molecule has 0 spiro atoms. The van der Waals surface area contributed by atoms with Crippen LogP contribution in [0.25, 0.3) is 0 Å². The molecule has 0 aliphatic heterocycles. The standard InChI is InChI=1S/C12H14O4/c1-2-3-8-15-12(14)16-11-6-4-10(9-13)5-7-11/h4-7,9H,2-3,8H2,1H3. The van der Waals surface area contributed by atoms with E-state index in [4.69, 9.17) is 9.47 Å². The van der Waals surface area contributed by atoms with Crippen LogP contribution in [-0.4, -0.2) is 19.0 Å². The average molecular weight is 222 g/mol. The zero-order valence-corrected chi connectivity index (χ0v) is 9.14. The van der Waals surface area contributed by atoms with E-state index in [0.717, 1.165) is 19.1 Å². The molecule has 1 aromatic carbocycles. The number of hydrogen-bond donors (Lipinski definition) is 0. The van der Waals surface area contributed by atoms with Gasteiger partial charge in [-0.25, -0.2) is 4.79 Å². The predicted octanol–water partition coefficient (Wildman–Crippen LogP) is 2.81. The molecule has 0 unspecified atom stereocenters. The summed E-state index contributed by atoms with van der Waals surface area (Å²) in [6.45, 7) is 2.37. The SMILES string of the molecule is CCCCOC(=O)Oc1ccc(C=O)cc1. The van der Waals surface area contributed by atoms with Gasteiger partial charge in [0.05, 0.1) is 6.61 Å². The number of rotatable bonds is 5. The molecule has 0 N–H and O–H groups in total. The van der Waals surface area contributed by atoms with Gasteiger partial charge in [-0.1, -0.05) is 13.3 Å². The summed E-state index contributed by atoms with van der Waals surface area (Å²) >= 11 is 0. The minimum Gasteiger partial charge on any atom is -0.434 e. The number of carbonyl (C=O) groups excluding carboxylic acids is 2. The molecule has 16 heavy (non-hydrogen) atoms. The van der Waals surface area contributed by atoms with Crippen molar-refractivity contribution in [2.75, 3.05) is 6.61 Å². The van der Waals surface area contributed by atoms with Crippen molar-refractivity contribution in [1.29, 1.82) is 0 Å². The Labute approximate surface area is 94.2 Å². The van der Waals surface area contributed by atoms with Gasteiger partial charge in [0.25, 0.3) is 0 Å². The normalized spacial score (nSPS) is 9.56. The van der Waals surface area contributed by atoms with Gasteiger partial charge in [-0.2, -0.15) is 0 Å². The van der Waals surface area contributed by atoms with Gasteiger partial charge in [-0.05, 0) is 30.7 Å². The van der Waals surface area contributed by atoms with Crippen molar-refractivity contribution < 1.29 is 19.1 Å². The van der Waals surface area contributed by atoms with Gasteiger partial charge >= 0.3 is 6.16 Å². The van der Waals surface area contributed by atoms with E-state index in [0.29, 0.717) is 17.9 Å². The van der Waals surface area contributed by atoms with Crippen molar-refractivity contribution in [1.82, 2.24) is 0 Å². The number of aldehydes is 1. The van der Waals surface area contributed by atoms with Crippen molar-refractivity contribution in [3.63, 3.8) is 0 Å². The van der Waals surface area contributed by atoms with Gasteiger partial charge in [0.2, 0.25) is 0 Å². The lowest BCUT2D eigenvalue weighted by molar-refractivity contribution is 0.0978. The second kappa shape index (κ2) is 6.61. The Morgan fingerprint density at radius 2 is 2.00 bits per heavy atom. The van der Waals surface area contributed by atoms with E-state index in [-0.39, 0.29) is 0 Å². The first-order valence-electron chi connectivity index (χ1n) is 5.16. The number of hydrogen-bond acceptors (Lipinski definition) is 4. The molecule has 1 aromatic rings. The van der Waals surface area contributed by atoms with Crippen LogP contribution >= 0.6 is 0 Å². The molecule has 0 fully saturated rings. The zero-order chi connectivity index (χ0) is 11.8. The summed E-state index contributed by atoms with van der Waals surface area (Å²) in [4.78, 5) is 21.5. The fraction of sp³-hybridized carbons (Fsp3) is 0.333. The smallest absolute Gasteiger partial charge is 0.434 e. The molecule has 0 amide bonds. The fourth-order valence-corrected chi connectivity index (χ4v) is 1.04. The molecule has 1 rings (SSSR count). The highest BCUT2D eigenvalue weighted by Gasteiger charge is 2.04. The minimum atomic E-state index is -0.715. The van der Waals surface area contributed by atoms with E-state index in [1.54, 1.807) is 24.3 Å². The lowest BCUT2D eigenvalue weighted by Gasteiger charge is -2.04. The van der Waals surface area contributed by atoms with Crippen LogP contribution in [-0.2, 0) is 4.74 Å². The molecule has 0 atom stereocenters. The highest BCUT2D eigenvalue weighted by atomic mass is 16.7. The van der Waals surface area contributed by atoms with Gasteiger partial charge in [-0.15, -0.1) is 0 Å². The molecule has 0 heterocycles. The molecular formula is C12H14O4. The first-order valence-corrected chi connectivity index (χ1v) is 5.16. The maximum absolute atomic E-state index is 11.1. The number of unbranched alkanes of at least 4 members (excludes halogenated alkanes) is 1. The second-order valence-electron chi connectivity index (χ2n) is 3.24. The third-order valence-electron chi connectivity index (χ3n) is 1.94. The van der Waals surface area contributed by atoms with Crippen molar-refractivity contribution >= 4 is 12.4 Å². The van der Waals surface area contributed by atoms with E-state index in [1.165, 1.54) is 0 Å². The van der Waals surface area contributed by atoms with Crippen LogP contribution in [0.3, 0.4) is 0 Å². The maximum Gasteiger partial charge on any atom is 0.513 e. The third kappa shape index (κ3) is 4.13. The van der Waals surface area contributed by atoms with Crippen LogP contribution in [0.4, 0.5) is 4.79 Å². The van der Waals surface area contributed by atoms with Crippen LogP contribution in [0.1, 0.15) is 30.1 Å². The van der Waals surface area contributed by atoms with Gasteiger partial charge in [-0.3, -0.25) is 4.79 Å². The van der Waals surface area contributed by atoms with E-state index >= 15 is 0 Å². The molecule has 4 heteroatoms. The predicted molar refractivity (Wildman–Crippen MR) is 58.7 cm³/mol. The van der Waals surface area contributed by atoms with E-state index < -0.39 is 6.16 Å². The van der Waals surface area contributed by atoms with Crippen molar-refractivity contribution in [3.05, 3.63) is 29.8 Å². The molecule has 0 saturated carbocycles. The van der Waals surface area contributed by atoms with Crippen LogP contribution < -0.4 is 4.74 Å². The number of benzene rings is 1. The lowest BCUT2D eigenvalue weighted by atomic mass is 10.2. The summed E-state index contributed by atoms with van der Waals surface area (Å²) in [5.74, 6) is 0.368. The van der Waals surface area contributed by atoms with Crippen LogP contribution in [0.2, 0.25) is 0 Å². The Kier molecular flexibility index (Phi) is 5.05. The molecule has 86 valence electrons. The summed E-state index contributed by atoms with van der Waals surface area (Å²) in [5, 5.41) is 0. The van der Waals surface area contributed by atoms with Crippen LogP contribution in [0.5, 0.6) is 5.75 Å². The van der Waals surface area contributed by atoms with E-state index in [2.05, 4.69) is 0 Å². The third-order valence-corrected chi connectivity index (χ3v) is 1.94. The van der Waals surface area contributed by atoms with E-state index in [9.17, 15) is 9.59 Å². The topological polar surface area (TPSA) is 52.6 Å². The van der Waals surface area contributed by atoms with Gasteiger partial charge in [0, 0.05) is 5.56 Å². The highest BCUT2D eigenvalue weighted by molar-refractivity contribution is 5.75. The molecule has 0 bridgehead atoms. The van der Waals surface area contributed by atoms with E-state index in [1.807, 2.05) is 6.92 Å². The second-order valence-corrected chi connectivity index (χ2v) is 3.24. The summed E-state index contributed by atoms with van der Waals surface area (Å²) in [7, 11) is 0. The Hall–Kier alpha value is -1.84. The zero-order valence-electron chi connectivity index (χ0n) is 9.14. The summed E-state index contributed by atoms with van der Waals surface area (Å²) in [6.07, 6.45) is 1.79. The maximum atomic E-state index is 11.1. The highest BCUT2D eigenvalue weighted by Crippen LogP contribution is 2.11. The molecule has 4 nitrogen and oxygen atoms in total. The summed E-state index contributed by atoms with van der Waals surface area (Å²) in [5.41, 5.74) is 0.534. The Morgan fingerprint density at radius 1 is 1.31 bits per heavy atom. The average Bonchev–Trinajstić information content (AvgIpc) is 2.30. The van der Waals surface area contributed by atoms with Gasteiger partial charge in [0.15, 0.2) is 0 Å². The van der Waals surface area contributed by atoms with Crippen LogP contribution in [0, 0.1) is 0 Å². The Bertz CT molecular complexity index is 343. The summed E-state index contributed by atoms with van der Waals surface area (Å²) < 4.78 is 9.70. The first kappa shape index (κ1) is 12.2. The lowest BCUT2D eigenvalue weighted by Crippen LogP contribution is -2.11. The molecule has 0 aliphatic rings. The van der Waals surface area contributed by atoms with Crippen molar-refractivity contribution in [2.24, 2.45) is 0 Å². The van der Waals surface area contributed by atoms with Crippen molar-refractivity contribution in [2.45, 2.75) is 19.8 Å². The molecule has 0 aromatic heterocycles. The Morgan fingerprint density at radius 3 is 2.56 bits per heavy atom. The molecular weight excluding hydrogens is 208 g/mol. The fourth-order valence-electron chi connectivity index (χ4n) is 1.04. The van der Waals surface area contributed by atoms with Gasteiger partial charge in [0.1, 0.15) is 12.0 Å². The largest absolute Gasteiger partial charge is 0.513 e. The number of carbonyl (C=O) groups is 2. The Balaban J connectivity index is 2.40. The number of ether oxygens (including phenoxy) is 2. The first-order chi connectivity index (χ1) is 7.76. The monoisotopic (exact) mass is 222 g/mol. The summed E-state index contributed by atoms with van der Waals surface area (Å²) in [6, 6.07) is 6.24. The molecule has 0 radical (unpaired) electrons. The van der Waals surface area contributed by atoms with Gasteiger partial charge < -0.3 is 9.47 Å². The quantitative estimate of drug-likeness (QED) is 0.332. The molecule has 0 aliphatic carbocycles. The van der Waals surface area contributed by atoms with Crippen LogP contribution in [0.15, 0.2) is 24.3 Å². The molecule has 0 saturated heterocycles. The minimum absolute atomic E-state index is 0.363.